The van der Waals surface area contributed by atoms with Gasteiger partial charge < -0.3 is 11.1 Å². The highest BCUT2D eigenvalue weighted by molar-refractivity contribution is 7.93. The van der Waals surface area contributed by atoms with Crippen molar-refractivity contribution in [3.63, 3.8) is 0 Å². The number of primary sulfonamides is 1. The normalized spacial score (nSPS) is 23.3. The van der Waals surface area contributed by atoms with Crippen LogP contribution in [0.4, 0.5) is 0 Å². The topological polar surface area (TPSA) is 187 Å². The standard InChI is InChI=1S/C17H25N7O4S2/c18-12-3-1-11(2-4-12)13-5-6-14(29(25,26)9-10-7-20-8-10)16(30(19,27)28)15(13)17-21-23-24-22-17/h5-6,10-12,20H,1-4,7-9,18H2,(H2,19,27,28)(H,21,22,23,24). The van der Waals surface area contributed by atoms with Crippen molar-refractivity contribution in [2.24, 2.45) is 16.8 Å². The van der Waals surface area contributed by atoms with E-state index in [1.54, 1.807) is 6.07 Å². The van der Waals surface area contributed by atoms with E-state index in [0.29, 0.717) is 18.7 Å². The van der Waals surface area contributed by atoms with Crippen molar-refractivity contribution in [3.05, 3.63) is 17.7 Å². The molecule has 2 fully saturated rings. The summed E-state index contributed by atoms with van der Waals surface area (Å²) in [4.78, 5) is -0.750. The van der Waals surface area contributed by atoms with Crippen LogP contribution in [0.25, 0.3) is 11.4 Å². The molecule has 0 amide bonds. The first-order valence-corrected chi connectivity index (χ1v) is 13.0. The quantitative estimate of drug-likeness (QED) is 0.445. The zero-order valence-corrected chi connectivity index (χ0v) is 17.9. The maximum absolute atomic E-state index is 13.1. The minimum absolute atomic E-state index is 0.00186. The molecule has 13 heteroatoms. The number of rotatable bonds is 6. The number of sulfone groups is 1. The van der Waals surface area contributed by atoms with Gasteiger partial charge in [0.05, 0.1) is 10.6 Å². The Kier molecular flexibility index (Phi) is 5.66. The predicted molar refractivity (Wildman–Crippen MR) is 109 cm³/mol. The summed E-state index contributed by atoms with van der Waals surface area (Å²) in [6.07, 6.45) is 3.08. The molecule has 1 aromatic heterocycles. The number of hydrogen-bond donors (Lipinski definition) is 4. The number of H-pyrrole nitrogens is 1. The number of nitrogens with two attached hydrogens (primary N) is 2. The molecule has 1 aromatic carbocycles. The van der Waals surface area contributed by atoms with Crippen molar-refractivity contribution in [1.29, 1.82) is 0 Å². The van der Waals surface area contributed by atoms with Crippen molar-refractivity contribution in [1.82, 2.24) is 25.9 Å². The third-order valence-electron chi connectivity index (χ3n) is 5.89. The number of aromatic nitrogens is 4. The molecule has 1 aliphatic heterocycles. The fraction of sp³-hybridized carbons (Fsp3) is 0.588. The molecule has 2 aromatic rings. The van der Waals surface area contributed by atoms with Gasteiger partial charge in [-0.1, -0.05) is 6.07 Å². The molecule has 0 spiro atoms. The number of aromatic amines is 1. The molecular formula is C17H25N7O4S2. The van der Waals surface area contributed by atoms with Gasteiger partial charge in [-0.25, -0.2) is 27.1 Å². The second-order valence-electron chi connectivity index (χ2n) is 8.07. The lowest BCUT2D eigenvalue weighted by Gasteiger charge is -2.29. The third kappa shape index (κ3) is 4.12. The first-order valence-electron chi connectivity index (χ1n) is 9.79. The van der Waals surface area contributed by atoms with Gasteiger partial charge in [0, 0.05) is 24.7 Å². The number of nitrogens with zero attached hydrogens (tertiary/aromatic N) is 3. The lowest BCUT2D eigenvalue weighted by atomic mass is 9.80. The Labute approximate surface area is 175 Å². The zero-order valence-electron chi connectivity index (χ0n) is 16.3. The average Bonchev–Trinajstić information content (AvgIpc) is 3.18. The summed E-state index contributed by atoms with van der Waals surface area (Å²) in [7, 11) is -8.31. The molecule has 2 aliphatic rings. The molecule has 30 heavy (non-hydrogen) atoms. The molecule has 1 aliphatic carbocycles. The number of sulfonamides is 1. The van der Waals surface area contributed by atoms with Gasteiger partial charge in [-0.2, -0.15) is 0 Å². The van der Waals surface area contributed by atoms with Crippen LogP contribution >= 0.6 is 0 Å². The summed E-state index contributed by atoms with van der Waals surface area (Å²) >= 11 is 0. The van der Waals surface area contributed by atoms with Gasteiger partial charge >= 0.3 is 0 Å². The largest absolute Gasteiger partial charge is 0.328 e. The zero-order chi connectivity index (χ0) is 21.5. The molecule has 164 valence electrons. The van der Waals surface area contributed by atoms with Crippen LogP contribution in [0.3, 0.4) is 0 Å². The van der Waals surface area contributed by atoms with Crippen LogP contribution in [-0.2, 0) is 19.9 Å². The van der Waals surface area contributed by atoms with Gasteiger partial charge in [-0.15, -0.1) is 5.10 Å². The Morgan fingerprint density at radius 3 is 2.30 bits per heavy atom. The van der Waals surface area contributed by atoms with E-state index in [-0.39, 0.29) is 39.9 Å². The molecule has 0 atom stereocenters. The van der Waals surface area contributed by atoms with E-state index in [0.717, 1.165) is 25.7 Å². The number of nitrogens with one attached hydrogen (secondary N) is 2. The Morgan fingerprint density at radius 2 is 1.77 bits per heavy atom. The second-order valence-corrected chi connectivity index (χ2v) is 11.6. The Balaban J connectivity index is 1.92. The fourth-order valence-electron chi connectivity index (χ4n) is 4.25. The van der Waals surface area contributed by atoms with Crippen molar-refractivity contribution in [2.45, 2.75) is 47.4 Å². The van der Waals surface area contributed by atoms with Gasteiger partial charge in [0.1, 0.15) is 4.90 Å². The van der Waals surface area contributed by atoms with Crippen molar-refractivity contribution < 1.29 is 16.8 Å². The van der Waals surface area contributed by atoms with Gasteiger partial charge in [-0.05, 0) is 59.6 Å². The average molecular weight is 456 g/mol. The van der Waals surface area contributed by atoms with E-state index in [2.05, 4.69) is 25.9 Å². The number of tetrazole rings is 1. The monoisotopic (exact) mass is 455 g/mol. The second kappa shape index (κ2) is 7.96. The summed E-state index contributed by atoms with van der Waals surface area (Å²) in [5.41, 5.74) is 6.81. The van der Waals surface area contributed by atoms with Crippen LogP contribution in [0.5, 0.6) is 0 Å². The van der Waals surface area contributed by atoms with E-state index < -0.39 is 24.8 Å². The summed E-state index contributed by atoms with van der Waals surface area (Å²) < 4.78 is 51.6. The molecule has 11 nitrogen and oxygen atoms in total. The molecule has 0 bridgehead atoms. The number of benzene rings is 1. The van der Waals surface area contributed by atoms with Crippen LogP contribution in [0, 0.1) is 5.92 Å². The number of hydrogen-bond acceptors (Lipinski definition) is 9. The van der Waals surface area contributed by atoms with Crippen molar-refractivity contribution in [2.75, 3.05) is 18.8 Å². The van der Waals surface area contributed by atoms with Crippen molar-refractivity contribution >= 4 is 19.9 Å². The fourth-order valence-corrected chi connectivity index (χ4v) is 7.52. The smallest absolute Gasteiger partial charge is 0.240 e. The summed E-state index contributed by atoms with van der Waals surface area (Å²) in [6, 6.07) is 3.13. The summed E-state index contributed by atoms with van der Waals surface area (Å²) in [5, 5.41) is 22.1. The first-order chi connectivity index (χ1) is 14.2. The Hall–Kier alpha value is -1.93. The van der Waals surface area contributed by atoms with E-state index in [9.17, 15) is 16.8 Å². The third-order valence-corrected chi connectivity index (χ3v) is 8.93. The Bertz CT molecular complexity index is 1120. The molecule has 1 saturated heterocycles. The molecular weight excluding hydrogens is 430 g/mol. The van der Waals surface area contributed by atoms with Crippen LogP contribution < -0.4 is 16.2 Å². The SMILES string of the molecule is NC1CCC(c2ccc(S(=O)(=O)CC3CNC3)c(S(N)(=O)=O)c2-c2nnn[nH]2)CC1. The maximum atomic E-state index is 13.1. The minimum Gasteiger partial charge on any atom is -0.328 e. The molecule has 0 radical (unpaired) electrons. The van der Waals surface area contributed by atoms with E-state index in [4.69, 9.17) is 10.9 Å². The van der Waals surface area contributed by atoms with Gasteiger partial charge in [0.2, 0.25) is 10.0 Å². The molecule has 1 saturated carbocycles. The van der Waals surface area contributed by atoms with Crippen LogP contribution in [0.2, 0.25) is 0 Å². The molecule has 4 rings (SSSR count). The van der Waals surface area contributed by atoms with Gasteiger partial charge in [0.25, 0.3) is 0 Å². The molecule has 6 N–H and O–H groups in total. The van der Waals surface area contributed by atoms with Crippen LogP contribution in [0.1, 0.15) is 37.2 Å². The van der Waals surface area contributed by atoms with E-state index in [1.807, 2.05) is 0 Å². The minimum atomic E-state index is -4.40. The van der Waals surface area contributed by atoms with Crippen molar-refractivity contribution in [3.8, 4) is 11.4 Å². The summed E-state index contributed by atoms with van der Waals surface area (Å²) in [5.74, 6) is -0.156. The van der Waals surface area contributed by atoms with E-state index >= 15 is 0 Å². The lowest BCUT2D eigenvalue weighted by Crippen LogP contribution is -2.45. The van der Waals surface area contributed by atoms with Crippen LogP contribution in [0.15, 0.2) is 21.9 Å². The highest BCUT2D eigenvalue weighted by atomic mass is 32.2. The Morgan fingerprint density at radius 1 is 1.07 bits per heavy atom. The highest BCUT2D eigenvalue weighted by Gasteiger charge is 2.35. The molecule has 2 heterocycles. The molecule has 0 unspecified atom stereocenters. The van der Waals surface area contributed by atoms with Gasteiger partial charge in [0.15, 0.2) is 15.7 Å². The first kappa shape index (κ1) is 21.3. The van der Waals surface area contributed by atoms with Gasteiger partial charge in [-0.3, -0.25) is 0 Å². The lowest BCUT2D eigenvalue weighted by molar-refractivity contribution is 0.378. The summed E-state index contributed by atoms with van der Waals surface area (Å²) in [6.45, 7) is 1.15. The van der Waals surface area contributed by atoms with E-state index in [1.165, 1.54) is 6.07 Å². The van der Waals surface area contributed by atoms with Crippen LogP contribution in [-0.4, -0.2) is 62.3 Å². The maximum Gasteiger partial charge on any atom is 0.240 e. The highest BCUT2D eigenvalue weighted by Crippen LogP contribution is 2.42. The predicted octanol–water partition coefficient (Wildman–Crippen LogP) is -0.508.